The van der Waals surface area contributed by atoms with E-state index in [9.17, 15) is 14.4 Å². The first kappa shape index (κ1) is 21.3. The normalized spacial score (nSPS) is 22.4. The highest BCUT2D eigenvalue weighted by Crippen LogP contribution is 2.31. The third kappa shape index (κ3) is 4.51. The highest BCUT2D eigenvalue weighted by atomic mass is 16.6. The Labute approximate surface area is 192 Å². The lowest BCUT2D eigenvalue weighted by Gasteiger charge is -2.37. The van der Waals surface area contributed by atoms with Crippen molar-refractivity contribution in [2.45, 2.75) is 19.1 Å². The lowest BCUT2D eigenvalue weighted by atomic mass is 10.1. The van der Waals surface area contributed by atoms with Crippen molar-refractivity contribution in [2.24, 2.45) is 5.92 Å². The maximum Gasteiger partial charge on any atom is 0.267 e. The van der Waals surface area contributed by atoms with Gasteiger partial charge in [0.15, 0.2) is 11.5 Å². The van der Waals surface area contributed by atoms with Crippen molar-refractivity contribution in [1.29, 1.82) is 0 Å². The van der Waals surface area contributed by atoms with Crippen LogP contribution in [0.1, 0.15) is 12.0 Å². The molecule has 172 valence electrons. The lowest BCUT2D eigenvalue weighted by molar-refractivity contribution is -0.147. The molecule has 0 bridgehead atoms. The summed E-state index contributed by atoms with van der Waals surface area (Å²) in [6.45, 7) is 2.95. The predicted octanol–water partition coefficient (Wildman–Crippen LogP) is 1.55. The summed E-state index contributed by atoms with van der Waals surface area (Å²) in [4.78, 5) is 43.7. The number of nitrogens with zero attached hydrogens (tertiary/aromatic N) is 3. The summed E-state index contributed by atoms with van der Waals surface area (Å²) in [5, 5.41) is 0. The number of rotatable bonds is 4. The zero-order chi connectivity index (χ0) is 22.8. The first-order valence-corrected chi connectivity index (χ1v) is 11.4. The Balaban J connectivity index is 1.12. The Bertz CT molecular complexity index is 1040. The van der Waals surface area contributed by atoms with Crippen molar-refractivity contribution in [3.63, 3.8) is 0 Å². The minimum Gasteiger partial charge on any atom is -0.485 e. The second-order valence-corrected chi connectivity index (χ2v) is 8.68. The van der Waals surface area contributed by atoms with E-state index in [1.54, 1.807) is 20.8 Å². The fraction of sp³-hybridized carbons (Fsp3) is 0.400. The molecule has 3 aliphatic heterocycles. The second-order valence-electron chi connectivity index (χ2n) is 8.68. The molecule has 3 aliphatic rings. The van der Waals surface area contributed by atoms with Gasteiger partial charge in [0.2, 0.25) is 17.9 Å². The summed E-state index contributed by atoms with van der Waals surface area (Å²) in [6, 6.07) is 17.1. The molecule has 0 spiro atoms. The number of fused-ring (bicyclic) bond motifs is 1. The molecule has 0 radical (unpaired) electrons. The molecule has 5 rings (SSSR count). The van der Waals surface area contributed by atoms with Crippen LogP contribution in [0.4, 0.5) is 0 Å². The molecular weight excluding hydrogens is 422 g/mol. The SMILES string of the molecule is O=C1C[C@@H](C(=O)N2CCN(C(=O)[C@H]3COc4ccccc4O3)CC2)CN1Cc1ccccc1. The number of piperazine rings is 1. The van der Waals surface area contributed by atoms with Crippen LogP contribution in [0.2, 0.25) is 0 Å². The van der Waals surface area contributed by atoms with Crippen LogP contribution < -0.4 is 9.47 Å². The van der Waals surface area contributed by atoms with Gasteiger partial charge in [0, 0.05) is 45.7 Å². The number of amides is 3. The van der Waals surface area contributed by atoms with Gasteiger partial charge in [0.25, 0.3) is 5.91 Å². The van der Waals surface area contributed by atoms with E-state index in [1.807, 2.05) is 48.5 Å². The van der Waals surface area contributed by atoms with E-state index in [2.05, 4.69) is 0 Å². The Morgan fingerprint density at radius 2 is 1.48 bits per heavy atom. The van der Waals surface area contributed by atoms with E-state index in [-0.39, 0.29) is 36.7 Å². The Morgan fingerprint density at radius 3 is 2.21 bits per heavy atom. The first-order valence-electron chi connectivity index (χ1n) is 11.4. The number of ether oxygens (including phenoxy) is 2. The Hall–Kier alpha value is -3.55. The van der Waals surface area contributed by atoms with E-state index in [4.69, 9.17) is 9.47 Å². The lowest BCUT2D eigenvalue weighted by Crippen LogP contribution is -2.56. The van der Waals surface area contributed by atoms with Crippen molar-refractivity contribution in [1.82, 2.24) is 14.7 Å². The molecule has 0 saturated carbocycles. The maximum absolute atomic E-state index is 13.1. The van der Waals surface area contributed by atoms with Gasteiger partial charge in [-0.1, -0.05) is 42.5 Å². The minimum absolute atomic E-state index is 0.00260. The molecule has 2 saturated heterocycles. The van der Waals surface area contributed by atoms with E-state index in [0.29, 0.717) is 50.8 Å². The summed E-state index contributed by atoms with van der Waals surface area (Å²) < 4.78 is 11.5. The van der Waals surface area contributed by atoms with E-state index >= 15 is 0 Å². The number of likely N-dealkylation sites (tertiary alicyclic amines) is 1. The highest BCUT2D eigenvalue weighted by molar-refractivity contribution is 5.89. The molecule has 0 aromatic heterocycles. The predicted molar refractivity (Wildman–Crippen MR) is 119 cm³/mol. The number of hydrogen-bond donors (Lipinski definition) is 0. The van der Waals surface area contributed by atoms with Crippen molar-refractivity contribution < 1.29 is 23.9 Å². The zero-order valence-electron chi connectivity index (χ0n) is 18.4. The van der Waals surface area contributed by atoms with E-state index in [1.165, 1.54) is 0 Å². The molecule has 33 heavy (non-hydrogen) atoms. The molecule has 0 aliphatic carbocycles. The molecule has 0 N–H and O–H groups in total. The van der Waals surface area contributed by atoms with Crippen LogP contribution in [0.15, 0.2) is 54.6 Å². The van der Waals surface area contributed by atoms with Crippen LogP contribution in [0.3, 0.4) is 0 Å². The van der Waals surface area contributed by atoms with Crippen LogP contribution in [0.5, 0.6) is 11.5 Å². The average Bonchev–Trinajstić information content (AvgIpc) is 3.23. The van der Waals surface area contributed by atoms with Crippen molar-refractivity contribution in [3.05, 3.63) is 60.2 Å². The molecule has 2 aromatic rings. The molecule has 0 unspecified atom stereocenters. The molecule has 2 atom stereocenters. The summed E-state index contributed by atoms with van der Waals surface area (Å²) in [7, 11) is 0. The summed E-state index contributed by atoms with van der Waals surface area (Å²) in [5.41, 5.74) is 1.06. The molecule has 2 fully saturated rings. The fourth-order valence-electron chi connectivity index (χ4n) is 4.64. The average molecular weight is 450 g/mol. The molecule has 3 heterocycles. The Kier molecular flexibility index (Phi) is 5.90. The second kappa shape index (κ2) is 9.13. The third-order valence-corrected chi connectivity index (χ3v) is 6.47. The first-order chi connectivity index (χ1) is 16.1. The fourth-order valence-corrected chi connectivity index (χ4v) is 4.64. The van der Waals surface area contributed by atoms with Gasteiger partial charge in [-0.25, -0.2) is 0 Å². The quantitative estimate of drug-likeness (QED) is 0.708. The molecule has 3 amide bonds. The number of para-hydroxylation sites is 2. The van der Waals surface area contributed by atoms with Crippen molar-refractivity contribution in [2.75, 3.05) is 39.3 Å². The van der Waals surface area contributed by atoms with Crippen molar-refractivity contribution >= 4 is 17.7 Å². The van der Waals surface area contributed by atoms with E-state index in [0.717, 1.165) is 5.56 Å². The Morgan fingerprint density at radius 1 is 0.848 bits per heavy atom. The molecule has 8 nitrogen and oxygen atoms in total. The number of benzene rings is 2. The monoisotopic (exact) mass is 449 g/mol. The van der Waals surface area contributed by atoms with E-state index < -0.39 is 6.10 Å². The largest absolute Gasteiger partial charge is 0.485 e. The van der Waals surface area contributed by atoms with Gasteiger partial charge in [-0.15, -0.1) is 0 Å². The van der Waals surface area contributed by atoms with Gasteiger partial charge in [0.05, 0.1) is 5.92 Å². The summed E-state index contributed by atoms with van der Waals surface area (Å²) >= 11 is 0. The van der Waals surface area contributed by atoms with Crippen LogP contribution in [-0.4, -0.2) is 77.9 Å². The van der Waals surface area contributed by atoms with Gasteiger partial charge in [-0.2, -0.15) is 0 Å². The van der Waals surface area contributed by atoms with Crippen molar-refractivity contribution in [3.8, 4) is 11.5 Å². The topological polar surface area (TPSA) is 79.4 Å². The zero-order valence-corrected chi connectivity index (χ0v) is 18.4. The van der Waals surface area contributed by atoms with Crippen LogP contribution in [-0.2, 0) is 20.9 Å². The van der Waals surface area contributed by atoms with Gasteiger partial charge >= 0.3 is 0 Å². The summed E-state index contributed by atoms with van der Waals surface area (Å²) in [5.74, 6) is 0.779. The maximum atomic E-state index is 13.1. The molecule has 2 aromatic carbocycles. The highest BCUT2D eigenvalue weighted by Gasteiger charge is 2.38. The molecule has 8 heteroatoms. The summed E-state index contributed by atoms with van der Waals surface area (Å²) in [6.07, 6.45) is -0.432. The van der Waals surface area contributed by atoms with Crippen LogP contribution in [0, 0.1) is 5.92 Å². The third-order valence-electron chi connectivity index (χ3n) is 6.47. The van der Waals surface area contributed by atoms with Crippen LogP contribution >= 0.6 is 0 Å². The van der Waals surface area contributed by atoms with Gasteiger partial charge in [0.1, 0.15) is 6.61 Å². The van der Waals surface area contributed by atoms with Gasteiger partial charge in [-0.05, 0) is 17.7 Å². The smallest absolute Gasteiger partial charge is 0.267 e. The van der Waals surface area contributed by atoms with Gasteiger partial charge in [-0.3, -0.25) is 14.4 Å². The number of carbonyl (C=O) groups is 3. The molecular formula is C25H27N3O5. The van der Waals surface area contributed by atoms with Gasteiger partial charge < -0.3 is 24.2 Å². The minimum atomic E-state index is -0.679. The van der Waals surface area contributed by atoms with Crippen LogP contribution in [0.25, 0.3) is 0 Å². The number of carbonyl (C=O) groups excluding carboxylic acids is 3. The number of hydrogen-bond acceptors (Lipinski definition) is 5. The standard InChI is InChI=1S/C25H27N3O5/c29-23-14-19(16-28(23)15-18-6-2-1-3-7-18)24(30)26-10-12-27(13-11-26)25(31)22-17-32-20-8-4-5-9-21(20)33-22/h1-9,19,22H,10-17H2/t19-,22-/m1/s1.